The Balaban J connectivity index is 1.06. The fourth-order valence-electron chi connectivity index (χ4n) is 13.2. The summed E-state index contributed by atoms with van der Waals surface area (Å²) in [7, 11) is 0. The lowest BCUT2D eigenvalue weighted by Gasteiger charge is -2.52. The standard InChI is InChI=1S/C60H46O28/c61-19-9-22(63)38-35(10-19)85-59(17-5-30(71)49(78)31(72)6-17)57(81)45(38)43-37(86-59)14-25(66)39-44(51(80)53(84-55(39)43)16-3-28(69)48(77)29(70)4-16)40-23(64)12-24(65)41-46-42-36(87-60(58(46)82,88-56(40)41)18-7-32(73)50(79)33(74)8-18)13-21(62)20-11-34(75)52(83-54(20)42)15-1-26(67)47(76)27(68)2-15/h1-10,12-14,34,44-46,51-53,57-58,61-82H,11H2. The molecule has 6 aliphatic rings. The summed E-state index contributed by atoms with van der Waals surface area (Å²) in [6.07, 6.45) is -12.5. The molecule has 11 atom stereocenters. The van der Waals surface area contributed by atoms with Crippen LogP contribution in [0.5, 0.6) is 138 Å². The van der Waals surface area contributed by atoms with Crippen LogP contribution in [0, 0.1) is 0 Å². The normalized spacial score (nSPS) is 25.7. The molecule has 6 aliphatic heterocycles. The zero-order valence-electron chi connectivity index (χ0n) is 44.2. The van der Waals surface area contributed by atoms with Gasteiger partial charge in [0, 0.05) is 98.0 Å². The quantitative estimate of drug-likeness (QED) is 0.107. The van der Waals surface area contributed by atoms with Gasteiger partial charge < -0.3 is 141 Å². The number of ether oxygens (including phenoxy) is 6. The second-order valence-electron chi connectivity index (χ2n) is 22.1. The topological polar surface area (TPSA) is 500 Å². The maximum absolute atomic E-state index is 13.2. The number of aliphatic hydroxyl groups excluding tert-OH is 4. The molecule has 14 rings (SSSR count). The van der Waals surface area contributed by atoms with Crippen molar-refractivity contribution in [1.82, 2.24) is 0 Å². The Kier molecular flexibility index (Phi) is 11.3. The zero-order chi connectivity index (χ0) is 62.5. The van der Waals surface area contributed by atoms with Crippen LogP contribution in [-0.4, -0.2) is 137 Å². The van der Waals surface area contributed by atoms with Gasteiger partial charge >= 0.3 is 11.6 Å². The van der Waals surface area contributed by atoms with E-state index in [0.717, 1.165) is 78.9 Å². The third-order valence-electron chi connectivity index (χ3n) is 17.1. The highest BCUT2D eigenvalue weighted by molar-refractivity contribution is 5.75. The SMILES string of the molecule is Oc1cc(O)c2c(c1)OC1(c3cc(O)c(O)c(O)c3)Oc3cc(O)c4c(c3C2C1O)OC(c1cc(O)c(O)c(O)c1)C(O)C4c1c(O)cc(O)c2c1OC1(c3cc(O)c(O)c(O)c3)Oc3cc(O)c4c(c3C2C1O)OC(c1cc(O)c(O)c(O)c1)C(O)C4. The number of hydrogen-bond acceptors (Lipinski definition) is 28. The summed E-state index contributed by atoms with van der Waals surface area (Å²) < 4.78 is 39.1. The van der Waals surface area contributed by atoms with Crippen LogP contribution in [0.15, 0.2) is 78.9 Å². The highest BCUT2D eigenvalue weighted by Crippen LogP contribution is 2.69. The lowest BCUT2D eigenvalue weighted by atomic mass is 9.70. The van der Waals surface area contributed by atoms with E-state index in [9.17, 15) is 112 Å². The average molecular weight is 1220 g/mol. The van der Waals surface area contributed by atoms with Gasteiger partial charge in [-0.15, -0.1) is 0 Å². The minimum Gasteiger partial charge on any atom is -0.508 e. The lowest BCUT2D eigenvalue weighted by molar-refractivity contribution is -0.219. The summed E-state index contributed by atoms with van der Waals surface area (Å²) in [4.78, 5) is 0. The van der Waals surface area contributed by atoms with Crippen LogP contribution in [0.25, 0.3) is 0 Å². The number of phenolic OH excluding ortho intramolecular Hbond substituents is 18. The van der Waals surface area contributed by atoms with Gasteiger partial charge in [0.1, 0.15) is 87.3 Å². The van der Waals surface area contributed by atoms with Crippen LogP contribution < -0.4 is 28.4 Å². The van der Waals surface area contributed by atoms with Gasteiger partial charge in [-0.3, -0.25) is 0 Å². The fraction of sp³-hybridized carbons (Fsp3) is 0.200. The maximum atomic E-state index is 13.2. The molecule has 0 aromatic heterocycles. The molecular weight excluding hydrogens is 1170 g/mol. The van der Waals surface area contributed by atoms with Crippen molar-refractivity contribution in [1.29, 1.82) is 0 Å². The molecule has 22 N–H and O–H groups in total. The summed E-state index contributed by atoms with van der Waals surface area (Å²) in [6.45, 7) is 0. The fourth-order valence-corrected chi connectivity index (χ4v) is 13.2. The maximum Gasteiger partial charge on any atom is 0.305 e. The van der Waals surface area contributed by atoms with Gasteiger partial charge in [0.05, 0.1) is 23.9 Å². The van der Waals surface area contributed by atoms with Gasteiger partial charge in [-0.25, -0.2) is 0 Å². The van der Waals surface area contributed by atoms with E-state index in [1.807, 2.05) is 0 Å². The molecule has 4 bridgehead atoms. The summed E-state index contributed by atoms with van der Waals surface area (Å²) in [5.41, 5.74) is -4.42. The molecule has 454 valence electrons. The first-order chi connectivity index (χ1) is 41.6. The molecule has 28 heteroatoms. The van der Waals surface area contributed by atoms with Crippen molar-refractivity contribution < 1.29 is 141 Å². The van der Waals surface area contributed by atoms with Crippen LogP contribution in [0.2, 0.25) is 0 Å². The zero-order valence-corrected chi connectivity index (χ0v) is 44.2. The molecule has 0 saturated carbocycles. The molecule has 0 amide bonds. The van der Waals surface area contributed by atoms with Crippen LogP contribution in [0.3, 0.4) is 0 Å². The first-order valence-electron chi connectivity index (χ1n) is 26.4. The Bertz CT molecular complexity index is 4320. The van der Waals surface area contributed by atoms with Crippen molar-refractivity contribution >= 4 is 0 Å². The second-order valence-corrected chi connectivity index (χ2v) is 22.1. The van der Waals surface area contributed by atoms with Gasteiger partial charge in [-0.05, 0) is 48.5 Å². The molecule has 88 heavy (non-hydrogen) atoms. The summed E-state index contributed by atoms with van der Waals surface area (Å²) in [5.74, 6) is -31.1. The van der Waals surface area contributed by atoms with Crippen molar-refractivity contribution in [2.45, 2.75) is 72.4 Å². The van der Waals surface area contributed by atoms with Crippen molar-refractivity contribution in [2.24, 2.45) is 0 Å². The van der Waals surface area contributed by atoms with E-state index < -0.39 is 232 Å². The van der Waals surface area contributed by atoms with Gasteiger partial charge in [0.2, 0.25) is 0 Å². The molecule has 0 saturated heterocycles. The van der Waals surface area contributed by atoms with E-state index in [2.05, 4.69) is 0 Å². The largest absolute Gasteiger partial charge is 0.508 e. The third-order valence-corrected chi connectivity index (χ3v) is 17.1. The predicted octanol–water partition coefficient (Wildman–Crippen LogP) is 4.31. The Morgan fingerprint density at radius 3 is 1.20 bits per heavy atom. The Morgan fingerprint density at radius 1 is 0.318 bits per heavy atom. The van der Waals surface area contributed by atoms with Crippen molar-refractivity contribution in [2.75, 3.05) is 0 Å². The molecule has 8 aromatic carbocycles. The summed E-state index contributed by atoms with van der Waals surface area (Å²) in [5, 5.41) is 251. The number of rotatable bonds is 5. The molecule has 0 fully saturated rings. The molecule has 0 radical (unpaired) electrons. The van der Waals surface area contributed by atoms with Gasteiger partial charge in [-0.1, -0.05) is 0 Å². The van der Waals surface area contributed by atoms with Gasteiger partial charge in [0.15, 0.2) is 81.2 Å². The molecular formula is C60H46O28. The van der Waals surface area contributed by atoms with E-state index in [1.54, 1.807) is 0 Å². The monoisotopic (exact) mass is 1210 g/mol. The van der Waals surface area contributed by atoms with Crippen molar-refractivity contribution in [3.8, 4) is 138 Å². The molecule has 6 heterocycles. The predicted molar refractivity (Wildman–Crippen MR) is 287 cm³/mol. The molecule has 11 unspecified atom stereocenters. The van der Waals surface area contributed by atoms with Crippen LogP contribution >= 0.6 is 0 Å². The highest BCUT2D eigenvalue weighted by atomic mass is 16.7. The van der Waals surface area contributed by atoms with E-state index in [1.165, 1.54) is 0 Å². The van der Waals surface area contributed by atoms with Crippen LogP contribution in [-0.2, 0) is 18.0 Å². The van der Waals surface area contributed by atoms with Crippen LogP contribution in [0.1, 0.15) is 91.2 Å². The van der Waals surface area contributed by atoms with E-state index in [4.69, 9.17) is 28.4 Å². The van der Waals surface area contributed by atoms with Crippen molar-refractivity contribution in [3.05, 3.63) is 140 Å². The number of benzene rings is 8. The van der Waals surface area contributed by atoms with E-state index >= 15 is 0 Å². The summed E-state index contributed by atoms with van der Waals surface area (Å²) >= 11 is 0. The lowest BCUT2D eigenvalue weighted by Crippen LogP contribution is -2.58. The Hall–Kier alpha value is -11.2. The minimum atomic E-state index is -2.93. The van der Waals surface area contributed by atoms with Crippen LogP contribution in [0.4, 0.5) is 0 Å². The van der Waals surface area contributed by atoms with E-state index in [-0.39, 0.29) is 39.1 Å². The number of phenols is 18. The van der Waals surface area contributed by atoms with Gasteiger partial charge in [0.25, 0.3) is 0 Å². The Morgan fingerprint density at radius 2 is 0.693 bits per heavy atom. The number of hydrogen-bond donors (Lipinski definition) is 22. The Labute approximate surface area is 489 Å². The molecule has 8 aromatic rings. The van der Waals surface area contributed by atoms with Gasteiger partial charge in [-0.2, -0.15) is 0 Å². The molecule has 0 spiro atoms. The highest BCUT2D eigenvalue weighted by Gasteiger charge is 2.64. The second kappa shape index (κ2) is 18.2. The van der Waals surface area contributed by atoms with E-state index in [0.29, 0.717) is 0 Å². The number of aliphatic hydroxyl groups is 4. The average Bonchev–Trinajstić information content (AvgIpc) is 0.693. The number of fused-ring (bicyclic) bond motifs is 16. The first kappa shape index (κ1) is 54.7. The molecule has 0 aliphatic carbocycles. The third kappa shape index (κ3) is 7.27. The first-order valence-corrected chi connectivity index (χ1v) is 26.4. The number of aromatic hydroxyl groups is 18. The van der Waals surface area contributed by atoms with Crippen molar-refractivity contribution in [3.63, 3.8) is 0 Å². The summed E-state index contributed by atoms with van der Waals surface area (Å²) in [6, 6.07) is 11.3. The minimum absolute atomic E-state index is 0.147. The molecule has 28 nitrogen and oxygen atoms in total. The smallest absolute Gasteiger partial charge is 0.305 e.